The average molecular weight is 362 g/mol. The Morgan fingerprint density at radius 3 is 2.08 bits per heavy atom. The number of esters is 1. The first-order chi connectivity index (χ1) is 12.3. The number of nitrogens with zero attached hydrogens (tertiary/aromatic N) is 2. The summed E-state index contributed by atoms with van der Waals surface area (Å²) in [6.07, 6.45) is 0. The highest BCUT2D eigenvalue weighted by atomic mass is 19.1. The van der Waals surface area contributed by atoms with E-state index < -0.39 is 35.7 Å². The number of hydrogen-bond donors (Lipinski definition) is 0. The molecule has 0 radical (unpaired) electrons. The van der Waals surface area contributed by atoms with E-state index in [1.54, 1.807) is 7.05 Å². The Balaban J connectivity index is 1.91. The Morgan fingerprint density at radius 2 is 1.54 bits per heavy atom. The van der Waals surface area contributed by atoms with E-state index in [-0.39, 0.29) is 0 Å². The molecule has 0 fully saturated rings. The van der Waals surface area contributed by atoms with E-state index in [2.05, 4.69) is 0 Å². The molecular formula is C19H20F2N2O3. The zero-order valence-electron chi connectivity index (χ0n) is 14.8. The molecule has 138 valence electrons. The molecule has 2 rings (SSSR count). The van der Waals surface area contributed by atoms with Crippen LogP contribution >= 0.6 is 0 Å². The lowest BCUT2D eigenvalue weighted by Crippen LogP contribution is -2.31. The molecule has 0 N–H and O–H groups in total. The number of carbonyl (C=O) groups excluding carboxylic acids is 2. The predicted octanol–water partition coefficient (Wildman–Crippen LogP) is 2.85. The number of carbonyl (C=O) groups is 2. The van der Waals surface area contributed by atoms with Crippen LogP contribution in [0.3, 0.4) is 0 Å². The third kappa shape index (κ3) is 4.78. The molecule has 0 atom stereocenters. The molecule has 0 saturated heterocycles. The molecule has 0 unspecified atom stereocenters. The van der Waals surface area contributed by atoms with E-state index in [0.29, 0.717) is 6.54 Å². The fraction of sp³-hybridized carbons (Fsp3) is 0.263. The summed E-state index contributed by atoms with van der Waals surface area (Å²) in [6.45, 7) is -0.281. The van der Waals surface area contributed by atoms with Crippen LogP contribution in [-0.2, 0) is 16.1 Å². The topological polar surface area (TPSA) is 49.9 Å². The number of benzene rings is 2. The largest absolute Gasteiger partial charge is 0.452 e. The molecule has 0 bridgehead atoms. The van der Waals surface area contributed by atoms with Gasteiger partial charge in [-0.3, -0.25) is 4.79 Å². The number of ether oxygens (including phenoxy) is 1. The smallest absolute Gasteiger partial charge is 0.344 e. The van der Waals surface area contributed by atoms with E-state index in [1.165, 1.54) is 4.90 Å². The van der Waals surface area contributed by atoms with Crippen molar-refractivity contribution in [2.45, 2.75) is 6.54 Å². The number of amides is 1. The normalized spacial score (nSPS) is 10.3. The minimum absolute atomic E-state index is 0.318. The Kier molecular flexibility index (Phi) is 6.27. The monoisotopic (exact) mass is 362 g/mol. The van der Waals surface area contributed by atoms with E-state index in [1.807, 2.05) is 43.3 Å². The van der Waals surface area contributed by atoms with Gasteiger partial charge in [-0.2, -0.15) is 0 Å². The van der Waals surface area contributed by atoms with Gasteiger partial charge in [-0.15, -0.1) is 0 Å². The van der Waals surface area contributed by atoms with Gasteiger partial charge in [0.2, 0.25) is 0 Å². The number of likely N-dealkylation sites (N-methyl/N-ethyl adjacent to an activating group) is 1. The first-order valence-corrected chi connectivity index (χ1v) is 7.91. The maximum Gasteiger partial charge on any atom is 0.344 e. The fourth-order valence-corrected chi connectivity index (χ4v) is 2.26. The molecule has 0 heterocycles. The van der Waals surface area contributed by atoms with E-state index >= 15 is 0 Å². The standard InChI is InChI=1S/C19H20F2N2O3/c1-22(2)14-9-7-13(8-10-14)11-23(3)17(24)12-26-19(25)18-15(20)5-4-6-16(18)21/h4-10H,11-12H2,1-3H3. The molecular weight excluding hydrogens is 342 g/mol. The van der Waals surface area contributed by atoms with Crippen LogP contribution < -0.4 is 4.90 Å². The van der Waals surface area contributed by atoms with Gasteiger partial charge in [0.05, 0.1) is 0 Å². The number of rotatable bonds is 6. The second-order valence-electron chi connectivity index (χ2n) is 5.98. The maximum atomic E-state index is 13.5. The van der Waals surface area contributed by atoms with Gasteiger partial charge in [-0.1, -0.05) is 18.2 Å². The van der Waals surface area contributed by atoms with Crippen molar-refractivity contribution >= 4 is 17.6 Å². The van der Waals surface area contributed by atoms with Crippen molar-refractivity contribution in [2.24, 2.45) is 0 Å². The summed E-state index contributed by atoms with van der Waals surface area (Å²) >= 11 is 0. The van der Waals surface area contributed by atoms with Gasteiger partial charge in [0, 0.05) is 33.4 Å². The molecule has 0 aliphatic heterocycles. The SMILES string of the molecule is CN(Cc1ccc(N(C)C)cc1)C(=O)COC(=O)c1c(F)cccc1F. The third-order valence-corrected chi connectivity index (χ3v) is 3.79. The highest BCUT2D eigenvalue weighted by Gasteiger charge is 2.20. The summed E-state index contributed by atoms with van der Waals surface area (Å²) in [5, 5.41) is 0. The third-order valence-electron chi connectivity index (χ3n) is 3.79. The second kappa shape index (κ2) is 8.42. The molecule has 0 saturated carbocycles. The lowest BCUT2D eigenvalue weighted by Gasteiger charge is -2.18. The zero-order chi connectivity index (χ0) is 19.3. The second-order valence-corrected chi connectivity index (χ2v) is 5.98. The van der Waals surface area contributed by atoms with Crippen LogP contribution in [0.25, 0.3) is 0 Å². The number of hydrogen-bond acceptors (Lipinski definition) is 4. The van der Waals surface area contributed by atoms with Crippen LogP contribution in [0, 0.1) is 11.6 Å². The average Bonchev–Trinajstić information content (AvgIpc) is 2.59. The van der Waals surface area contributed by atoms with Crippen LogP contribution in [0.1, 0.15) is 15.9 Å². The molecule has 26 heavy (non-hydrogen) atoms. The van der Waals surface area contributed by atoms with Gasteiger partial charge < -0.3 is 14.5 Å². The predicted molar refractivity (Wildman–Crippen MR) is 93.9 cm³/mol. The molecule has 7 heteroatoms. The van der Waals surface area contributed by atoms with Gasteiger partial charge in [0.25, 0.3) is 5.91 Å². The van der Waals surface area contributed by atoms with Crippen molar-refractivity contribution in [1.82, 2.24) is 4.90 Å². The number of anilines is 1. The Labute approximate surface area is 150 Å². The molecule has 2 aromatic carbocycles. The molecule has 0 aromatic heterocycles. The van der Waals surface area contributed by atoms with E-state index in [0.717, 1.165) is 29.4 Å². The maximum absolute atomic E-state index is 13.5. The highest BCUT2D eigenvalue weighted by Crippen LogP contribution is 2.15. The van der Waals surface area contributed by atoms with Crippen LogP contribution in [0.5, 0.6) is 0 Å². The van der Waals surface area contributed by atoms with Crippen molar-refractivity contribution in [3.05, 3.63) is 65.2 Å². The highest BCUT2D eigenvalue weighted by molar-refractivity contribution is 5.91. The van der Waals surface area contributed by atoms with Gasteiger partial charge in [0.15, 0.2) is 6.61 Å². The van der Waals surface area contributed by atoms with Crippen molar-refractivity contribution in [3.63, 3.8) is 0 Å². The lowest BCUT2D eigenvalue weighted by molar-refractivity contribution is -0.133. The van der Waals surface area contributed by atoms with Crippen LogP contribution in [0.15, 0.2) is 42.5 Å². The molecule has 0 aliphatic carbocycles. The minimum atomic E-state index is -1.21. The van der Waals surface area contributed by atoms with Crippen LogP contribution in [-0.4, -0.2) is 44.5 Å². The van der Waals surface area contributed by atoms with Gasteiger partial charge in [-0.05, 0) is 29.8 Å². The summed E-state index contributed by atoms with van der Waals surface area (Å²) in [6, 6.07) is 10.7. The first kappa shape index (κ1) is 19.4. The minimum Gasteiger partial charge on any atom is -0.452 e. The molecule has 0 spiro atoms. The van der Waals surface area contributed by atoms with Crippen molar-refractivity contribution in [2.75, 3.05) is 32.6 Å². The molecule has 2 aromatic rings. The molecule has 1 amide bonds. The Morgan fingerprint density at radius 1 is 0.962 bits per heavy atom. The van der Waals surface area contributed by atoms with Gasteiger partial charge in [-0.25, -0.2) is 13.6 Å². The van der Waals surface area contributed by atoms with Crippen molar-refractivity contribution in [3.8, 4) is 0 Å². The summed E-state index contributed by atoms with van der Waals surface area (Å²) in [7, 11) is 5.41. The summed E-state index contributed by atoms with van der Waals surface area (Å²) in [4.78, 5) is 27.2. The molecule has 5 nitrogen and oxygen atoms in total. The molecule has 0 aliphatic rings. The van der Waals surface area contributed by atoms with E-state index in [4.69, 9.17) is 4.74 Å². The Hall–Kier alpha value is -2.96. The quantitative estimate of drug-likeness (QED) is 0.742. The zero-order valence-corrected chi connectivity index (χ0v) is 14.8. The van der Waals surface area contributed by atoms with Crippen LogP contribution in [0.4, 0.5) is 14.5 Å². The van der Waals surface area contributed by atoms with Gasteiger partial charge in [0.1, 0.15) is 17.2 Å². The fourth-order valence-electron chi connectivity index (χ4n) is 2.26. The summed E-state index contributed by atoms with van der Waals surface area (Å²) in [5.41, 5.74) is 1.13. The number of halogens is 2. The van der Waals surface area contributed by atoms with Crippen molar-refractivity contribution in [1.29, 1.82) is 0 Å². The first-order valence-electron chi connectivity index (χ1n) is 7.91. The van der Waals surface area contributed by atoms with Crippen LogP contribution in [0.2, 0.25) is 0 Å². The Bertz CT molecular complexity index is 772. The van der Waals surface area contributed by atoms with E-state index in [9.17, 15) is 18.4 Å². The summed E-state index contributed by atoms with van der Waals surface area (Å²) < 4.78 is 31.8. The summed E-state index contributed by atoms with van der Waals surface area (Å²) in [5.74, 6) is -3.75. The lowest BCUT2D eigenvalue weighted by atomic mass is 10.2. The van der Waals surface area contributed by atoms with Gasteiger partial charge >= 0.3 is 5.97 Å². The van der Waals surface area contributed by atoms with Crippen molar-refractivity contribution < 1.29 is 23.1 Å².